The first kappa shape index (κ1) is 12.4. The molecule has 0 unspecified atom stereocenters. The van der Waals surface area contributed by atoms with Crippen LogP contribution in [0.1, 0.15) is 27.7 Å². The molecule has 0 heterocycles. The second-order valence-corrected chi connectivity index (χ2v) is 10.3. The van der Waals surface area contributed by atoms with Gasteiger partial charge in [-0.2, -0.15) is 0 Å². The molecule has 0 aliphatic carbocycles. The van der Waals surface area contributed by atoms with Gasteiger partial charge in [0.2, 0.25) is 0 Å². The van der Waals surface area contributed by atoms with Crippen molar-refractivity contribution in [1.82, 2.24) is 0 Å². The highest BCUT2D eigenvalue weighted by Gasteiger charge is 2.33. The summed E-state index contributed by atoms with van der Waals surface area (Å²) in [6, 6.07) is 0. The zero-order valence-corrected chi connectivity index (χ0v) is 10.4. The van der Waals surface area contributed by atoms with Crippen molar-refractivity contribution in [1.29, 1.82) is 0 Å². The number of carbonyl (C=O) groups is 1. The third kappa shape index (κ3) is 3.34. The number of hydrogen-bond donors (Lipinski definition) is 1. The van der Waals surface area contributed by atoms with Gasteiger partial charge < -0.3 is 5.11 Å². The van der Waals surface area contributed by atoms with E-state index in [1.165, 1.54) is 0 Å². The van der Waals surface area contributed by atoms with E-state index in [4.69, 9.17) is 5.11 Å². The van der Waals surface area contributed by atoms with Crippen molar-refractivity contribution in [2.24, 2.45) is 0 Å². The highest BCUT2D eigenvalue weighted by molar-refractivity contribution is 6.85. The second kappa shape index (κ2) is 3.66. The summed E-state index contributed by atoms with van der Waals surface area (Å²) < 4.78 is 0. The predicted molar refractivity (Wildman–Crippen MR) is 58.6 cm³/mol. The molecule has 2 nitrogen and oxygen atoms in total. The van der Waals surface area contributed by atoms with Crippen LogP contribution in [0, 0.1) is 0 Å². The van der Waals surface area contributed by atoms with E-state index >= 15 is 0 Å². The maximum absolute atomic E-state index is 10.7. The van der Waals surface area contributed by atoms with Gasteiger partial charge in [0, 0.05) is 5.57 Å². The van der Waals surface area contributed by atoms with Crippen molar-refractivity contribution in [2.45, 2.75) is 45.8 Å². The molecule has 0 aromatic carbocycles. The first-order chi connectivity index (χ1) is 5.58. The maximum atomic E-state index is 10.7. The van der Waals surface area contributed by atoms with E-state index in [0.717, 1.165) is 0 Å². The van der Waals surface area contributed by atoms with Gasteiger partial charge >= 0.3 is 5.97 Å². The Morgan fingerprint density at radius 3 is 1.92 bits per heavy atom. The van der Waals surface area contributed by atoms with Gasteiger partial charge in [0.1, 0.15) is 0 Å². The summed E-state index contributed by atoms with van der Waals surface area (Å²) in [4.78, 5) is 10.7. The molecule has 1 N–H and O–H groups in total. The molecule has 0 spiro atoms. The minimum Gasteiger partial charge on any atom is -0.478 e. The van der Waals surface area contributed by atoms with Gasteiger partial charge in [0.05, 0.1) is 8.07 Å². The molecule has 0 atom stereocenters. The van der Waals surface area contributed by atoms with E-state index in [2.05, 4.69) is 33.9 Å². The molecule has 0 aromatic rings. The summed E-state index contributed by atoms with van der Waals surface area (Å²) in [5.74, 6) is -0.801. The summed E-state index contributed by atoms with van der Waals surface area (Å²) in [5.41, 5.74) is 2.45. The molecule has 0 fully saturated rings. The third-order valence-corrected chi connectivity index (χ3v) is 7.87. The zero-order chi connectivity index (χ0) is 10.9. The quantitative estimate of drug-likeness (QED) is 0.549. The lowest BCUT2D eigenvalue weighted by atomic mass is 10.2. The van der Waals surface area contributed by atoms with Crippen LogP contribution in [0.2, 0.25) is 18.1 Å². The van der Waals surface area contributed by atoms with Crippen LogP contribution in [0.15, 0.2) is 11.3 Å². The Morgan fingerprint density at radius 2 is 1.69 bits per heavy atom. The van der Waals surface area contributed by atoms with Gasteiger partial charge in [-0.05, 0) is 12.0 Å². The van der Waals surface area contributed by atoms with Gasteiger partial charge in [0.15, 0.2) is 0 Å². The summed E-state index contributed by atoms with van der Waals surface area (Å²) in [6.45, 7) is 12.6. The van der Waals surface area contributed by atoms with Gasteiger partial charge in [-0.15, -0.1) is 0 Å². The minimum absolute atomic E-state index is 0.212. The molecule has 0 saturated heterocycles. The largest absolute Gasteiger partial charge is 0.478 e. The van der Waals surface area contributed by atoms with E-state index in [9.17, 15) is 4.79 Å². The van der Waals surface area contributed by atoms with Crippen LogP contribution in [0.5, 0.6) is 0 Å². The summed E-state index contributed by atoms with van der Waals surface area (Å²) in [6.07, 6.45) is 0. The van der Waals surface area contributed by atoms with Crippen molar-refractivity contribution < 1.29 is 9.90 Å². The Balaban J connectivity index is 4.89. The molecule has 0 aromatic heterocycles. The second-order valence-electron chi connectivity index (χ2n) is 5.10. The van der Waals surface area contributed by atoms with Crippen LogP contribution in [-0.2, 0) is 4.79 Å². The van der Waals surface area contributed by atoms with Gasteiger partial charge in [0.25, 0.3) is 0 Å². The average molecular weight is 200 g/mol. The SMILES string of the molecule is CC(=C[Si](C)(C)C(C)(C)C)C(=O)O. The predicted octanol–water partition coefficient (Wildman–Crippen LogP) is 3.07. The van der Waals surface area contributed by atoms with Crippen molar-refractivity contribution in [3.63, 3.8) is 0 Å². The Kier molecular flexibility index (Phi) is 3.50. The van der Waals surface area contributed by atoms with Gasteiger partial charge in [-0.3, -0.25) is 0 Å². The topological polar surface area (TPSA) is 37.3 Å². The van der Waals surface area contributed by atoms with Crippen LogP contribution in [0.4, 0.5) is 0 Å². The van der Waals surface area contributed by atoms with E-state index < -0.39 is 14.0 Å². The molecular formula is C10H20O2Si. The Labute approximate surface area is 81.7 Å². The van der Waals surface area contributed by atoms with E-state index in [0.29, 0.717) is 5.57 Å². The summed E-state index contributed by atoms with van der Waals surface area (Å²) in [7, 11) is -1.57. The molecule has 76 valence electrons. The van der Waals surface area contributed by atoms with Crippen LogP contribution < -0.4 is 0 Å². The van der Waals surface area contributed by atoms with Gasteiger partial charge in [-0.25, -0.2) is 4.79 Å². The van der Waals surface area contributed by atoms with E-state index in [1.54, 1.807) is 6.92 Å². The molecule has 0 radical (unpaired) electrons. The first-order valence-corrected chi connectivity index (χ1v) is 7.58. The summed E-state index contributed by atoms with van der Waals surface area (Å²) in [5, 5.41) is 8.98. The monoisotopic (exact) mass is 200 g/mol. The first-order valence-electron chi connectivity index (χ1n) is 4.51. The fourth-order valence-electron chi connectivity index (χ4n) is 0.820. The van der Waals surface area contributed by atoms with Crippen molar-refractivity contribution in [3.8, 4) is 0 Å². The zero-order valence-electron chi connectivity index (χ0n) is 9.43. The normalized spacial score (nSPS) is 14.5. The number of carboxylic acid groups (broad SMARTS) is 1. The highest BCUT2D eigenvalue weighted by Crippen LogP contribution is 2.37. The van der Waals surface area contributed by atoms with E-state index in [-0.39, 0.29) is 5.04 Å². The van der Waals surface area contributed by atoms with Gasteiger partial charge in [-0.1, -0.05) is 39.6 Å². The fourth-order valence-corrected chi connectivity index (χ4v) is 2.46. The van der Waals surface area contributed by atoms with E-state index in [1.807, 2.05) is 5.70 Å². The number of rotatable bonds is 2. The Hall–Kier alpha value is -0.573. The number of carboxylic acids is 1. The fraction of sp³-hybridized carbons (Fsp3) is 0.700. The number of aliphatic carboxylic acids is 1. The van der Waals surface area contributed by atoms with Crippen molar-refractivity contribution >= 4 is 14.0 Å². The molecule has 0 aliphatic heterocycles. The lowest BCUT2D eigenvalue weighted by Gasteiger charge is -2.34. The molecule has 0 amide bonds. The third-order valence-electron chi connectivity index (χ3n) is 2.85. The average Bonchev–Trinajstić information content (AvgIpc) is 1.83. The smallest absolute Gasteiger partial charge is 0.330 e. The molecule has 0 saturated carbocycles. The highest BCUT2D eigenvalue weighted by atomic mass is 28.3. The summed E-state index contributed by atoms with van der Waals surface area (Å²) >= 11 is 0. The molecule has 13 heavy (non-hydrogen) atoms. The molecular weight excluding hydrogens is 180 g/mol. The molecule has 0 bridgehead atoms. The lowest BCUT2D eigenvalue weighted by Crippen LogP contribution is -2.35. The van der Waals surface area contributed by atoms with Crippen molar-refractivity contribution in [2.75, 3.05) is 0 Å². The van der Waals surface area contributed by atoms with Crippen LogP contribution in [0.25, 0.3) is 0 Å². The Bertz CT molecular complexity index is 234. The van der Waals surface area contributed by atoms with Crippen molar-refractivity contribution in [3.05, 3.63) is 11.3 Å². The van der Waals surface area contributed by atoms with Crippen LogP contribution in [-0.4, -0.2) is 19.1 Å². The lowest BCUT2D eigenvalue weighted by molar-refractivity contribution is -0.132. The number of hydrogen-bond acceptors (Lipinski definition) is 1. The standard InChI is InChI=1S/C10H20O2Si/c1-8(9(11)12)7-13(5,6)10(2,3)4/h7H,1-6H3,(H,11,12). The minimum atomic E-state index is -1.57. The molecule has 0 rings (SSSR count). The maximum Gasteiger partial charge on any atom is 0.330 e. The molecule has 0 aliphatic rings. The Morgan fingerprint density at radius 1 is 1.31 bits per heavy atom. The molecule has 3 heteroatoms. The van der Waals surface area contributed by atoms with Crippen LogP contribution >= 0.6 is 0 Å². The van der Waals surface area contributed by atoms with Crippen LogP contribution in [0.3, 0.4) is 0 Å².